The zero-order chi connectivity index (χ0) is 10.7. The second kappa shape index (κ2) is 3.78. The molecule has 2 aromatic heterocycles. The zero-order valence-electron chi connectivity index (χ0n) is 7.69. The molecule has 2 rings (SSSR count). The van der Waals surface area contributed by atoms with E-state index in [1.807, 2.05) is 0 Å². The zero-order valence-corrected chi connectivity index (χ0v) is 7.69. The van der Waals surface area contributed by atoms with Crippen LogP contribution in [0.4, 0.5) is 5.95 Å². The van der Waals surface area contributed by atoms with Crippen molar-refractivity contribution in [2.75, 3.05) is 5.73 Å². The predicted molar refractivity (Wildman–Crippen MR) is 50.6 cm³/mol. The third kappa shape index (κ3) is 2.10. The Hall–Kier alpha value is -2.38. The molecule has 0 radical (unpaired) electrons. The van der Waals surface area contributed by atoms with E-state index < -0.39 is 0 Å². The normalized spacial score (nSPS) is 10.1. The number of nitrogens with two attached hydrogens (primary N) is 1. The highest BCUT2D eigenvalue weighted by atomic mass is 16.2. The van der Waals surface area contributed by atoms with Crippen molar-refractivity contribution in [2.45, 2.75) is 6.54 Å². The van der Waals surface area contributed by atoms with Crippen molar-refractivity contribution in [1.82, 2.24) is 30.7 Å². The average molecular weight is 207 g/mol. The van der Waals surface area contributed by atoms with E-state index in [1.54, 1.807) is 12.3 Å². The number of carbonyl (C=O) groups excluding carboxylic acids is 1. The number of rotatable bonds is 3. The van der Waals surface area contributed by atoms with Crippen LogP contribution in [0.1, 0.15) is 16.3 Å². The summed E-state index contributed by atoms with van der Waals surface area (Å²) < 4.78 is 0. The summed E-state index contributed by atoms with van der Waals surface area (Å²) in [4.78, 5) is 15.1. The summed E-state index contributed by atoms with van der Waals surface area (Å²) in [6.45, 7) is 0.347. The van der Waals surface area contributed by atoms with Crippen molar-refractivity contribution in [3.05, 3.63) is 23.8 Å². The number of nitrogens with one attached hydrogen (secondary N) is 3. The fourth-order valence-electron chi connectivity index (χ4n) is 1.02. The Morgan fingerprint density at radius 1 is 1.53 bits per heavy atom. The maximum Gasteiger partial charge on any atom is 0.288 e. The molecule has 15 heavy (non-hydrogen) atoms. The number of aromatic nitrogens is 5. The Morgan fingerprint density at radius 3 is 3.00 bits per heavy atom. The maximum atomic E-state index is 11.4. The summed E-state index contributed by atoms with van der Waals surface area (Å²) in [7, 11) is 0. The Balaban J connectivity index is 1.93. The maximum absolute atomic E-state index is 11.4. The summed E-state index contributed by atoms with van der Waals surface area (Å²) in [5, 5.41) is 15.0. The lowest BCUT2D eigenvalue weighted by Gasteiger charge is -1.99. The Morgan fingerprint density at radius 2 is 2.40 bits per heavy atom. The molecular weight excluding hydrogens is 198 g/mol. The molecule has 0 atom stereocenters. The second-order valence-corrected chi connectivity index (χ2v) is 2.81. The van der Waals surface area contributed by atoms with Gasteiger partial charge in [0.2, 0.25) is 11.8 Å². The number of anilines is 1. The van der Waals surface area contributed by atoms with Crippen LogP contribution in [0, 0.1) is 0 Å². The molecule has 2 heterocycles. The fraction of sp³-hybridized carbons (Fsp3) is 0.143. The molecule has 0 unspecified atom stereocenters. The van der Waals surface area contributed by atoms with Gasteiger partial charge in [0.1, 0.15) is 0 Å². The molecule has 0 saturated heterocycles. The van der Waals surface area contributed by atoms with E-state index in [4.69, 9.17) is 5.73 Å². The highest BCUT2D eigenvalue weighted by molar-refractivity contribution is 5.90. The van der Waals surface area contributed by atoms with Crippen LogP contribution in [0.15, 0.2) is 12.3 Å². The largest absolute Gasteiger partial charge is 0.366 e. The fourth-order valence-corrected chi connectivity index (χ4v) is 1.02. The number of H-pyrrole nitrogens is 2. The summed E-state index contributed by atoms with van der Waals surface area (Å²) in [5.74, 6) is -0.234. The lowest BCUT2D eigenvalue weighted by atomic mass is 10.4. The molecule has 0 bridgehead atoms. The highest BCUT2D eigenvalue weighted by Gasteiger charge is 2.09. The van der Waals surface area contributed by atoms with Crippen molar-refractivity contribution in [1.29, 1.82) is 0 Å². The smallest absolute Gasteiger partial charge is 0.288 e. The van der Waals surface area contributed by atoms with Gasteiger partial charge >= 0.3 is 0 Å². The van der Waals surface area contributed by atoms with E-state index in [9.17, 15) is 4.79 Å². The number of amides is 1. The molecule has 8 heteroatoms. The van der Waals surface area contributed by atoms with Gasteiger partial charge in [0.25, 0.3) is 5.91 Å². The molecule has 2 aromatic rings. The van der Waals surface area contributed by atoms with Gasteiger partial charge in [-0.25, -0.2) is 0 Å². The van der Waals surface area contributed by atoms with E-state index >= 15 is 0 Å². The minimum absolute atomic E-state index is 0.0432. The van der Waals surface area contributed by atoms with Crippen LogP contribution in [0.25, 0.3) is 0 Å². The summed E-state index contributed by atoms with van der Waals surface area (Å²) in [6.07, 6.45) is 1.61. The first-order valence-corrected chi connectivity index (χ1v) is 4.20. The van der Waals surface area contributed by atoms with Gasteiger partial charge in [-0.05, 0) is 6.07 Å². The topological polar surface area (TPSA) is 125 Å². The monoisotopic (exact) mass is 207 g/mol. The van der Waals surface area contributed by atoms with Crippen molar-refractivity contribution >= 4 is 11.9 Å². The Bertz CT molecular complexity index is 446. The highest BCUT2D eigenvalue weighted by Crippen LogP contribution is 1.94. The van der Waals surface area contributed by atoms with Gasteiger partial charge in [0.15, 0.2) is 0 Å². The predicted octanol–water partition coefficient (Wildman–Crippen LogP) is -0.960. The van der Waals surface area contributed by atoms with E-state index in [-0.39, 0.29) is 17.7 Å². The molecule has 0 aromatic carbocycles. The van der Waals surface area contributed by atoms with E-state index in [0.29, 0.717) is 6.54 Å². The van der Waals surface area contributed by atoms with Crippen LogP contribution in [0.5, 0.6) is 0 Å². The van der Waals surface area contributed by atoms with Gasteiger partial charge in [0, 0.05) is 6.20 Å². The van der Waals surface area contributed by atoms with Gasteiger partial charge in [-0.3, -0.25) is 15.0 Å². The molecule has 8 nitrogen and oxygen atoms in total. The van der Waals surface area contributed by atoms with Gasteiger partial charge in [-0.15, -0.1) is 5.10 Å². The number of hydrogen-bond donors (Lipinski definition) is 4. The van der Waals surface area contributed by atoms with Crippen LogP contribution in [-0.4, -0.2) is 31.3 Å². The standard InChI is InChI=1S/C7H9N7O/c8-7-11-5(13-14-7)6(15)9-3-4-1-2-10-12-4/h1-2H,3H2,(H,9,15)(H,10,12)(H3,8,11,13,14). The first kappa shape index (κ1) is 9.19. The van der Waals surface area contributed by atoms with Crippen molar-refractivity contribution in [3.8, 4) is 0 Å². The molecule has 78 valence electrons. The molecule has 5 N–H and O–H groups in total. The third-order valence-electron chi connectivity index (χ3n) is 1.72. The molecule has 0 spiro atoms. The van der Waals surface area contributed by atoms with E-state index in [2.05, 4.69) is 30.7 Å². The van der Waals surface area contributed by atoms with Crippen molar-refractivity contribution in [3.63, 3.8) is 0 Å². The molecule has 0 aliphatic heterocycles. The average Bonchev–Trinajstić information content (AvgIpc) is 2.84. The van der Waals surface area contributed by atoms with E-state index in [1.165, 1.54) is 0 Å². The molecule has 0 saturated carbocycles. The molecule has 0 aliphatic rings. The first-order chi connectivity index (χ1) is 7.25. The summed E-state index contributed by atoms with van der Waals surface area (Å²) in [6, 6.07) is 1.76. The third-order valence-corrected chi connectivity index (χ3v) is 1.72. The summed E-state index contributed by atoms with van der Waals surface area (Å²) >= 11 is 0. The molecule has 0 fully saturated rings. The summed E-state index contributed by atoms with van der Waals surface area (Å²) in [5.41, 5.74) is 6.06. The van der Waals surface area contributed by atoms with Crippen molar-refractivity contribution < 1.29 is 4.79 Å². The van der Waals surface area contributed by atoms with Gasteiger partial charge in [0.05, 0.1) is 12.2 Å². The Labute approximate surface area is 84.3 Å². The number of nitrogens with zero attached hydrogens (tertiary/aromatic N) is 3. The number of hydrogen-bond acceptors (Lipinski definition) is 5. The minimum Gasteiger partial charge on any atom is -0.366 e. The molecular formula is C7H9N7O. The van der Waals surface area contributed by atoms with E-state index in [0.717, 1.165) is 5.69 Å². The number of carbonyl (C=O) groups is 1. The van der Waals surface area contributed by atoms with Gasteiger partial charge in [-0.2, -0.15) is 10.1 Å². The van der Waals surface area contributed by atoms with Crippen LogP contribution in [-0.2, 0) is 6.54 Å². The van der Waals surface area contributed by atoms with Crippen LogP contribution >= 0.6 is 0 Å². The minimum atomic E-state index is -0.367. The number of aromatic amines is 2. The lowest BCUT2D eigenvalue weighted by Crippen LogP contribution is -2.24. The molecule has 0 aliphatic carbocycles. The van der Waals surface area contributed by atoms with Gasteiger partial charge in [-0.1, -0.05) is 0 Å². The van der Waals surface area contributed by atoms with Crippen molar-refractivity contribution in [2.24, 2.45) is 0 Å². The Kier molecular flexibility index (Phi) is 2.31. The molecule has 1 amide bonds. The lowest BCUT2D eigenvalue weighted by molar-refractivity contribution is 0.0940. The second-order valence-electron chi connectivity index (χ2n) is 2.81. The quantitative estimate of drug-likeness (QED) is 0.515. The van der Waals surface area contributed by atoms with Gasteiger partial charge < -0.3 is 11.1 Å². The SMILES string of the molecule is Nc1n[nH]c(C(=O)NCc2ccn[nH]2)n1. The number of nitrogen functional groups attached to an aromatic ring is 1. The first-order valence-electron chi connectivity index (χ1n) is 4.20. The van der Waals surface area contributed by atoms with Crippen LogP contribution < -0.4 is 11.1 Å². The van der Waals surface area contributed by atoms with Crippen LogP contribution in [0.3, 0.4) is 0 Å². The van der Waals surface area contributed by atoms with Crippen LogP contribution in [0.2, 0.25) is 0 Å².